The number of aryl methyl sites for hydroxylation is 1. The van der Waals surface area contributed by atoms with Crippen LogP contribution in [-0.4, -0.2) is 11.2 Å². The molecule has 3 rings (SSSR count). The fourth-order valence-electron chi connectivity index (χ4n) is 3.20. The van der Waals surface area contributed by atoms with Gasteiger partial charge in [-0.2, -0.15) is 0 Å². The average Bonchev–Trinajstić information content (AvgIpc) is 2.91. The van der Waals surface area contributed by atoms with Gasteiger partial charge in [0.15, 0.2) is 0 Å². The number of hydrogen-bond acceptors (Lipinski definition) is 2. The summed E-state index contributed by atoms with van der Waals surface area (Å²) in [7, 11) is 0. The number of ether oxygens (including phenoxy) is 1. The normalized spacial score (nSPS) is 10.8. The maximum absolute atomic E-state index is 5.54. The molecule has 1 heterocycles. The van der Waals surface area contributed by atoms with Gasteiger partial charge >= 0.3 is 0 Å². The summed E-state index contributed by atoms with van der Waals surface area (Å²) in [5, 5.41) is 3.54. The van der Waals surface area contributed by atoms with Crippen LogP contribution in [0.3, 0.4) is 0 Å². The molecule has 0 radical (unpaired) electrons. The quantitative estimate of drug-likeness (QED) is 0.673. The third-order valence-electron chi connectivity index (χ3n) is 4.43. The van der Waals surface area contributed by atoms with Gasteiger partial charge in [0.05, 0.1) is 6.61 Å². The van der Waals surface area contributed by atoms with Crippen molar-refractivity contribution in [2.75, 3.05) is 6.61 Å². The molecule has 0 saturated carbocycles. The zero-order valence-electron chi connectivity index (χ0n) is 15.3. The smallest absolute Gasteiger partial charge is 0.119 e. The molecule has 2 aromatic carbocycles. The molecular weight excluding hydrogens is 308 g/mol. The Bertz CT molecular complexity index is 804. The lowest BCUT2D eigenvalue weighted by molar-refractivity contribution is 0.340. The zero-order chi connectivity index (χ0) is 17.6. The highest BCUT2D eigenvalue weighted by molar-refractivity contribution is 5.43. The molecule has 130 valence electrons. The van der Waals surface area contributed by atoms with Gasteiger partial charge in [0.1, 0.15) is 5.75 Å². The molecule has 0 fully saturated rings. The van der Waals surface area contributed by atoms with E-state index in [1.165, 1.54) is 28.2 Å². The maximum Gasteiger partial charge on any atom is 0.119 e. The van der Waals surface area contributed by atoms with Crippen LogP contribution in [0.2, 0.25) is 0 Å². The van der Waals surface area contributed by atoms with Gasteiger partial charge in [-0.05, 0) is 62.2 Å². The standard InChI is InChI=1S/C22H26N2O/c1-4-25-22-12-10-21(11-13-22)24-17(2)14-20(18(24)3)16-23-15-19-8-6-5-7-9-19/h5-14,23H,4,15-16H2,1-3H3. The summed E-state index contributed by atoms with van der Waals surface area (Å²) < 4.78 is 7.84. The minimum Gasteiger partial charge on any atom is -0.494 e. The largest absolute Gasteiger partial charge is 0.494 e. The van der Waals surface area contributed by atoms with E-state index in [1.807, 2.05) is 25.1 Å². The van der Waals surface area contributed by atoms with Crippen molar-refractivity contribution in [2.24, 2.45) is 0 Å². The van der Waals surface area contributed by atoms with E-state index in [0.29, 0.717) is 6.61 Å². The Hall–Kier alpha value is -2.52. The van der Waals surface area contributed by atoms with Crippen LogP contribution in [0.1, 0.15) is 29.4 Å². The van der Waals surface area contributed by atoms with Crippen LogP contribution in [0.15, 0.2) is 60.7 Å². The molecule has 3 nitrogen and oxygen atoms in total. The lowest BCUT2D eigenvalue weighted by Gasteiger charge is -2.11. The summed E-state index contributed by atoms with van der Waals surface area (Å²) in [6, 6.07) is 21.1. The topological polar surface area (TPSA) is 26.2 Å². The number of hydrogen-bond donors (Lipinski definition) is 1. The Labute approximate surface area is 150 Å². The zero-order valence-corrected chi connectivity index (χ0v) is 15.3. The molecule has 1 aromatic heterocycles. The molecule has 0 saturated heterocycles. The first-order valence-electron chi connectivity index (χ1n) is 8.84. The molecule has 0 aliphatic carbocycles. The number of nitrogens with one attached hydrogen (secondary N) is 1. The Morgan fingerprint density at radius 2 is 1.64 bits per heavy atom. The van der Waals surface area contributed by atoms with Crippen molar-refractivity contribution < 1.29 is 4.74 Å². The number of aromatic nitrogens is 1. The fraction of sp³-hybridized carbons (Fsp3) is 0.273. The Balaban J connectivity index is 1.72. The number of rotatable bonds is 7. The van der Waals surface area contributed by atoms with Crippen LogP contribution in [0.4, 0.5) is 0 Å². The Kier molecular flexibility index (Phi) is 5.56. The Morgan fingerprint density at radius 3 is 2.32 bits per heavy atom. The highest BCUT2D eigenvalue weighted by atomic mass is 16.5. The maximum atomic E-state index is 5.54. The van der Waals surface area contributed by atoms with Crippen molar-refractivity contribution in [1.82, 2.24) is 9.88 Å². The summed E-state index contributed by atoms with van der Waals surface area (Å²) in [6.07, 6.45) is 0. The molecular formula is C22H26N2O. The molecule has 0 amide bonds. The molecule has 0 bridgehead atoms. The predicted octanol–water partition coefficient (Wildman–Crippen LogP) is 4.78. The van der Waals surface area contributed by atoms with Gasteiger partial charge in [0, 0.05) is 30.2 Å². The number of benzene rings is 2. The van der Waals surface area contributed by atoms with Gasteiger partial charge in [0.2, 0.25) is 0 Å². The summed E-state index contributed by atoms with van der Waals surface area (Å²) >= 11 is 0. The van der Waals surface area contributed by atoms with E-state index in [9.17, 15) is 0 Å². The van der Waals surface area contributed by atoms with Crippen LogP contribution in [0.5, 0.6) is 5.75 Å². The molecule has 25 heavy (non-hydrogen) atoms. The van der Waals surface area contributed by atoms with E-state index in [0.717, 1.165) is 18.8 Å². The minimum atomic E-state index is 0.693. The van der Waals surface area contributed by atoms with E-state index >= 15 is 0 Å². The van der Waals surface area contributed by atoms with Gasteiger partial charge in [-0.25, -0.2) is 0 Å². The van der Waals surface area contributed by atoms with Crippen LogP contribution in [-0.2, 0) is 13.1 Å². The van der Waals surface area contributed by atoms with Gasteiger partial charge in [-0.15, -0.1) is 0 Å². The van der Waals surface area contributed by atoms with Crippen LogP contribution in [0, 0.1) is 13.8 Å². The van der Waals surface area contributed by atoms with E-state index in [2.05, 4.69) is 66.2 Å². The summed E-state index contributed by atoms with van der Waals surface area (Å²) in [4.78, 5) is 0. The molecule has 0 unspecified atom stereocenters. The van der Waals surface area contributed by atoms with E-state index in [1.54, 1.807) is 0 Å². The van der Waals surface area contributed by atoms with Gasteiger partial charge < -0.3 is 14.6 Å². The molecule has 0 atom stereocenters. The summed E-state index contributed by atoms with van der Waals surface area (Å²) in [5.74, 6) is 0.915. The van der Waals surface area contributed by atoms with Gasteiger partial charge in [-0.3, -0.25) is 0 Å². The minimum absolute atomic E-state index is 0.693. The first-order valence-corrected chi connectivity index (χ1v) is 8.84. The van der Waals surface area contributed by atoms with Gasteiger partial charge in [0.25, 0.3) is 0 Å². The SMILES string of the molecule is CCOc1ccc(-n2c(C)cc(CNCc3ccccc3)c2C)cc1. The van der Waals surface area contributed by atoms with Crippen LogP contribution in [0.25, 0.3) is 5.69 Å². The van der Waals surface area contributed by atoms with Crippen molar-refractivity contribution in [2.45, 2.75) is 33.9 Å². The molecule has 3 heteroatoms. The molecule has 1 N–H and O–H groups in total. The van der Waals surface area contributed by atoms with E-state index < -0.39 is 0 Å². The monoisotopic (exact) mass is 334 g/mol. The van der Waals surface area contributed by atoms with Crippen LogP contribution < -0.4 is 10.1 Å². The van der Waals surface area contributed by atoms with Crippen molar-refractivity contribution in [3.8, 4) is 11.4 Å². The van der Waals surface area contributed by atoms with E-state index in [-0.39, 0.29) is 0 Å². The summed E-state index contributed by atoms with van der Waals surface area (Å²) in [5.41, 5.74) is 6.35. The van der Waals surface area contributed by atoms with E-state index in [4.69, 9.17) is 4.74 Å². The van der Waals surface area contributed by atoms with Gasteiger partial charge in [-0.1, -0.05) is 30.3 Å². The van der Waals surface area contributed by atoms with Crippen molar-refractivity contribution in [3.63, 3.8) is 0 Å². The van der Waals surface area contributed by atoms with Crippen molar-refractivity contribution in [3.05, 3.63) is 83.2 Å². The predicted molar refractivity (Wildman–Crippen MR) is 103 cm³/mol. The Morgan fingerprint density at radius 1 is 0.920 bits per heavy atom. The molecule has 0 aliphatic heterocycles. The second-order valence-electron chi connectivity index (χ2n) is 6.25. The highest BCUT2D eigenvalue weighted by Crippen LogP contribution is 2.23. The first-order chi connectivity index (χ1) is 12.2. The second kappa shape index (κ2) is 8.04. The first kappa shape index (κ1) is 17.3. The third kappa shape index (κ3) is 4.12. The fourth-order valence-corrected chi connectivity index (χ4v) is 3.20. The second-order valence-corrected chi connectivity index (χ2v) is 6.25. The van der Waals surface area contributed by atoms with Crippen LogP contribution >= 0.6 is 0 Å². The highest BCUT2D eigenvalue weighted by Gasteiger charge is 2.10. The molecule has 0 aliphatic rings. The van der Waals surface area contributed by atoms with Crippen molar-refractivity contribution in [1.29, 1.82) is 0 Å². The average molecular weight is 334 g/mol. The molecule has 3 aromatic rings. The lowest BCUT2D eigenvalue weighted by Crippen LogP contribution is -2.13. The molecule has 0 spiro atoms. The number of nitrogens with zero attached hydrogens (tertiary/aromatic N) is 1. The third-order valence-corrected chi connectivity index (χ3v) is 4.43. The summed E-state index contributed by atoms with van der Waals surface area (Å²) in [6.45, 7) is 8.79. The lowest BCUT2D eigenvalue weighted by atomic mass is 10.2. The van der Waals surface area contributed by atoms with Crippen molar-refractivity contribution >= 4 is 0 Å².